The number of aryl methyl sites for hydroxylation is 1. The van der Waals surface area contributed by atoms with Crippen molar-refractivity contribution >= 4 is 29.2 Å². The van der Waals surface area contributed by atoms with Gasteiger partial charge in [-0.05, 0) is 31.2 Å². The molecule has 0 spiro atoms. The Morgan fingerprint density at radius 1 is 1.21 bits per heavy atom. The van der Waals surface area contributed by atoms with Crippen LogP contribution in [0, 0.1) is 6.92 Å². The van der Waals surface area contributed by atoms with Crippen LogP contribution < -0.4 is 14.8 Å². The zero-order valence-corrected chi connectivity index (χ0v) is 13.6. The molecule has 0 fully saturated rings. The standard InChI is InChI=1S/C17H14ClNO5/c1-10-2-4-12(5-3-10)19-15(20)8-22-17(21)11-6-13(18)16-14(7-11)23-9-24-16/h2-7H,8-9H2,1H3,(H,19,20). The van der Waals surface area contributed by atoms with Crippen LogP contribution in [0.3, 0.4) is 0 Å². The van der Waals surface area contributed by atoms with Crippen LogP contribution in [0.4, 0.5) is 5.69 Å². The van der Waals surface area contributed by atoms with Crippen molar-refractivity contribution in [1.82, 2.24) is 0 Å². The summed E-state index contributed by atoms with van der Waals surface area (Å²) in [7, 11) is 0. The maximum Gasteiger partial charge on any atom is 0.338 e. The average Bonchev–Trinajstić information content (AvgIpc) is 3.04. The van der Waals surface area contributed by atoms with E-state index in [0.717, 1.165) is 5.56 Å². The van der Waals surface area contributed by atoms with E-state index in [4.69, 9.17) is 25.8 Å². The average molecular weight is 348 g/mol. The molecule has 0 atom stereocenters. The number of halogens is 1. The van der Waals surface area contributed by atoms with E-state index in [1.807, 2.05) is 19.1 Å². The van der Waals surface area contributed by atoms with Gasteiger partial charge in [0.15, 0.2) is 18.1 Å². The minimum Gasteiger partial charge on any atom is -0.454 e. The number of rotatable bonds is 4. The minimum absolute atomic E-state index is 0.0481. The number of carbonyl (C=O) groups excluding carboxylic acids is 2. The molecule has 1 heterocycles. The van der Waals surface area contributed by atoms with Gasteiger partial charge in [0.25, 0.3) is 5.91 Å². The van der Waals surface area contributed by atoms with Crippen molar-refractivity contribution in [2.75, 3.05) is 18.7 Å². The number of amides is 1. The molecule has 1 aliphatic heterocycles. The molecule has 2 aromatic carbocycles. The van der Waals surface area contributed by atoms with Crippen molar-refractivity contribution in [3.8, 4) is 11.5 Å². The lowest BCUT2D eigenvalue weighted by Gasteiger charge is -2.08. The van der Waals surface area contributed by atoms with Crippen LogP contribution in [0.2, 0.25) is 5.02 Å². The second-order valence-corrected chi connectivity index (χ2v) is 5.59. The highest BCUT2D eigenvalue weighted by Crippen LogP contribution is 2.39. The third kappa shape index (κ3) is 3.60. The van der Waals surface area contributed by atoms with Gasteiger partial charge in [0, 0.05) is 5.69 Å². The number of benzene rings is 2. The molecule has 1 aliphatic rings. The molecule has 0 saturated heterocycles. The lowest BCUT2D eigenvalue weighted by molar-refractivity contribution is -0.119. The van der Waals surface area contributed by atoms with E-state index < -0.39 is 18.5 Å². The van der Waals surface area contributed by atoms with Crippen LogP contribution in [0.5, 0.6) is 11.5 Å². The fraction of sp³-hybridized carbons (Fsp3) is 0.176. The predicted molar refractivity (Wildman–Crippen MR) is 87.7 cm³/mol. The van der Waals surface area contributed by atoms with Crippen LogP contribution in [0.25, 0.3) is 0 Å². The van der Waals surface area contributed by atoms with Gasteiger partial charge < -0.3 is 19.5 Å². The number of esters is 1. The number of fused-ring (bicyclic) bond motifs is 1. The molecule has 0 radical (unpaired) electrons. The second-order valence-electron chi connectivity index (χ2n) is 5.18. The molecule has 24 heavy (non-hydrogen) atoms. The van der Waals surface area contributed by atoms with Crippen molar-refractivity contribution in [2.45, 2.75) is 6.92 Å². The zero-order valence-electron chi connectivity index (χ0n) is 12.8. The monoisotopic (exact) mass is 347 g/mol. The summed E-state index contributed by atoms with van der Waals surface area (Å²) in [6, 6.07) is 10.2. The van der Waals surface area contributed by atoms with Crippen molar-refractivity contribution in [2.24, 2.45) is 0 Å². The van der Waals surface area contributed by atoms with Gasteiger partial charge in [0.1, 0.15) is 0 Å². The molecule has 2 aromatic rings. The Kier molecular flexibility index (Phi) is 4.57. The van der Waals surface area contributed by atoms with E-state index in [9.17, 15) is 9.59 Å². The first-order chi connectivity index (χ1) is 11.5. The number of ether oxygens (including phenoxy) is 3. The summed E-state index contributed by atoms with van der Waals surface area (Å²) in [4.78, 5) is 23.9. The molecule has 0 saturated carbocycles. The molecule has 1 amide bonds. The van der Waals surface area contributed by atoms with Gasteiger partial charge in [-0.2, -0.15) is 0 Å². The minimum atomic E-state index is -0.672. The highest BCUT2D eigenvalue weighted by atomic mass is 35.5. The largest absolute Gasteiger partial charge is 0.454 e. The van der Waals surface area contributed by atoms with Crippen LogP contribution in [-0.2, 0) is 9.53 Å². The topological polar surface area (TPSA) is 73.9 Å². The summed E-state index contributed by atoms with van der Waals surface area (Å²) in [6.07, 6.45) is 0. The lowest BCUT2D eigenvalue weighted by atomic mass is 10.2. The maximum atomic E-state index is 12.0. The number of nitrogens with one attached hydrogen (secondary N) is 1. The molecular formula is C17H14ClNO5. The molecule has 124 valence electrons. The maximum absolute atomic E-state index is 12.0. The van der Waals surface area contributed by atoms with Gasteiger partial charge >= 0.3 is 5.97 Å². The number of hydrogen-bond donors (Lipinski definition) is 1. The van der Waals surface area contributed by atoms with Gasteiger partial charge in [0.05, 0.1) is 10.6 Å². The quantitative estimate of drug-likeness (QED) is 0.860. The van der Waals surface area contributed by atoms with Crippen molar-refractivity contribution in [1.29, 1.82) is 0 Å². The summed E-state index contributed by atoms with van der Waals surface area (Å²) in [6.45, 7) is 1.59. The highest BCUT2D eigenvalue weighted by molar-refractivity contribution is 6.32. The van der Waals surface area contributed by atoms with E-state index >= 15 is 0 Å². The van der Waals surface area contributed by atoms with Crippen LogP contribution in [0.15, 0.2) is 36.4 Å². The van der Waals surface area contributed by atoms with Gasteiger partial charge in [-0.3, -0.25) is 4.79 Å². The third-order valence-corrected chi connectivity index (χ3v) is 3.61. The highest BCUT2D eigenvalue weighted by Gasteiger charge is 2.21. The Bertz CT molecular complexity index is 788. The third-order valence-electron chi connectivity index (χ3n) is 3.33. The summed E-state index contributed by atoms with van der Waals surface area (Å²) >= 11 is 6.01. The SMILES string of the molecule is Cc1ccc(NC(=O)COC(=O)c2cc(Cl)c3c(c2)OCO3)cc1. The smallest absolute Gasteiger partial charge is 0.338 e. The molecule has 1 N–H and O–H groups in total. The molecule has 0 aliphatic carbocycles. The Morgan fingerprint density at radius 2 is 1.96 bits per heavy atom. The summed E-state index contributed by atoms with van der Waals surface area (Å²) in [5.74, 6) is -0.336. The summed E-state index contributed by atoms with van der Waals surface area (Å²) < 4.78 is 15.4. The zero-order chi connectivity index (χ0) is 17.1. The Labute approximate surface area is 143 Å². The van der Waals surface area contributed by atoms with Crippen LogP contribution >= 0.6 is 11.6 Å². The van der Waals surface area contributed by atoms with E-state index in [0.29, 0.717) is 17.2 Å². The summed E-state index contributed by atoms with van der Waals surface area (Å²) in [5.41, 5.74) is 1.90. The molecule has 0 unspecified atom stereocenters. The van der Waals surface area contributed by atoms with Crippen molar-refractivity contribution in [3.63, 3.8) is 0 Å². The summed E-state index contributed by atoms with van der Waals surface area (Å²) in [5, 5.41) is 2.89. The normalized spacial score (nSPS) is 11.9. The Morgan fingerprint density at radius 3 is 2.71 bits per heavy atom. The molecule has 0 bridgehead atoms. The van der Waals surface area contributed by atoms with Crippen LogP contribution in [-0.4, -0.2) is 25.3 Å². The van der Waals surface area contributed by atoms with Gasteiger partial charge in [-0.1, -0.05) is 29.3 Å². The predicted octanol–water partition coefficient (Wildman–Crippen LogP) is 3.17. The first-order valence-corrected chi connectivity index (χ1v) is 7.53. The fourth-order valence-corrected chi connectivity index (χ4v) is 2.40. The van der Waals surface area contributed by atoms with E-state index in [2.05, 4.69) is 5.32 Å². The Balaban J connectivity index is 1.58. The Hall–Kier alpha value is -2.73. The molecule has 0 aromatic heterocycles. The van der Waals surface area contributed by atoms with Gasteiger partial charge in [-0.25, -0.2) is 4.79 Å². The molecular weight excluding hydrogens is 334 g/mol. The molecule has 7 heteroatoms. The van der Waals surface area contributed by atoms with Gasteiger partial charge in [-0.15, -0.1) is 0 Å². The first-order valence-electron chi connectivity index (χ1n) is 7.16. The van der Waals surface area contributed by atoms with E-state index in [-0.39, 0.29) is 17.4 Å². The number of carbonyl (C=O) groups is 2. The number of hydrogen-bond acceptors (Lipinski definition) is 5. The molecule has 3 rings (SSSR count). The van der Waals surface area contributed by atoms with Gasteiger partial charge in [0.2, 0.25) is 6.79 Å². The fourth-order valence-electron chi connectivity index (χ4n) is 2.13. The number of anilines is 1. The second kappa shape index (κ2) is 6.80. The van der Waals surface area contributed by atoms with Crippen LogP contribution in [0.1, 0.15) is 15.9 Å². The van der Waals surface area contributed by atoms with Crippen molar-refractivity contribution < 1.29 is 23.8 Å². The van der Waals surface area contributed by atoms with E-state index in [1.54, 1.807) is 12.1 Å². The lowest BCUT2D eigenvalue weighted by Crippen LogP contribution is -2.20. The van der Waals surface area contributed by atoms with Crippen molar-refractivity contribution in [3.05, 3.63) is 52.5 Å². The van der Waals surface area contributed by atoms with E-state index in [1.165, 1.54) is 12.1 Å². The molecule has 6 nitrogen and oxygen atoms in total. The first kappa shape index (κ1) is 16.1.